The lowest BCUT2D eigenvalue weighted by atomic mass is 10.1. The van der Waals surface area contributed by atoms with E-state index < -0.39 is 5.97 Å². The molecule has 0 radical (unpaired) electrons. The molecule has 2 aromatic carbocycles. The topological polar surface area (TPSA) is 70.9 Å². The first-order valence-corrected chi connectivity index (χ1v) is 7.02. The van der Waals surface area contributed by atoms with Gasteiger partial charge in [0.05, 0.1) is 11.3 Å². The molecule has 0 unspecified atom stereocenters. The quantitative estimate of drug-likeness (QED) is 0.836. The number of ether oxygens (including phenoxy) is 1. The highest BCUT2D eigenvalue weighted by Crippen LogP contribution is 2.28. The predicted octanol–water partition coefficient (Wildman–Crippen LogP) is 3.36. The van der Waals surface area contributed by atoms with E-state index in [4.69, 9.17) is 9.84 Å². The number of fused-ring (bicyclic) bond motifs is 1. The third-order valence-electron chi connectivity index (χ3n) is 3.09. The minimum absolute atomic E-state index is 0.176. The first-order valence-electron chi connectivity index (χ1n) is 6.23. The van der Waals surface area contributed by atoms with Crippen molar-refractivity contribution < 1.29 is 14.6 Å². The van der Waals surface area contributed by atoms with Crippen molar-refractivity contribution in [2.24, 2.45) is 5.10 Å². The van der Waals surface area contributed by atoms with Crippen LogP contribution in [0.5, 0.6) is 5.75 Å². The normalized spacial score (nSPS) is 14.6. The number of nitrogens with zero attached hydrogens (tertiary/aromatic N) is 1. The molecule has 6 heteroatoms. The maximum atomic E-state index is 11.1. The van der Waals surface area contributed by atoms with Crippen LogP contribution in [0, 0.1) is 0 Å². The Kier molecular flexibility index (Phi) is 3.62. The largest absolute Gasteiger partial charge is 0.487 e. The number of halogens is 1. The Morgan fingerprint density at radius 2 is 2.10 bits per heavy atom. The third-order valence-corrected chi connectivity index (χ3v) is 3.58. The molecule has 2 N–H and O–H groups in total. The Hall–Kier alpha value is -2.34. The monoisotopic (exact) mass is 346 g/mol. The molecule has 21 heavy (non-hydrogen) atoms. The van der Waals surface area contributed by atoms with Gasteiger partial charge in [-0.25, -0.2) is 4.79 Å². The fourth-order valence-electron chi connectivity index (χ4n) is 2.06. The second kappa shape index (κ2) is 5.57. The van der Waals surface area contributed by atoms with Crippen LogP contribution in [0.25, 0.3) is 0 Å². The van der Waals surface area contributed by atoms with Gasteiger partial charge in [-0.3, -0.25) is 5.43 Å². The second-order valence-electron chi connectivity index (χ2n) is 4.45. The fourth-order valence-corrected chi connectivity index (χ4v) is 2.43. The van der Waals surface area contributed by atoms with Gasteiger partial charge in [-0.1, -0.05) is 28.1 Å². The molecule has 1 aliphatic heterocycles. The Bertz CT molecular complexity index is 743. The molecule has 1 heterocycles. The van der Waals surface area contributed by atoms with Crippen molar-refractivity contribution in [1.29, 1.82) is 0 Å². The molecule has 0 amide bonds. The Morgan fingerprint density at radius 3 is 2.90 bits per heavy atom. The van der Waals surface area contributed by atoms with E-state index in [1.165, 1.54) is 6.07 Å². The summed E-state index contributed by atoms with van der Waals surface area (Å²) < 4.78 is 6.46. The Morgan fingerprint density at radius 1 is 1.29 bits per heavy atom. The molecule has 106 valence electrons. The van der Waals surface area contributed by atoms with E-state index in [1.54, 1.807) is 18.2 Å². The summed E-state index contributed by atoms with van der Waals surface area (Å²) in [5.74, 6) is -0.227. The molecule has 0 aromatic heterocycles. The predicted molar refractivity (Wildman–Crippen MR) is 83.2 cm³/mol. The van der Waals surface area contributed by atoms with Gasteiger partial charge in [-0.15, -0.1) is 0 Å². The van der Waals surface area contributed by atoms with Gasteiger partial charge >= 0.3 is 5.97 Å². The van der Waals surface area contributed by atoms with E-state index in [9.17, 15) is 4.79 Å². The molecule has 0 atom stereocenters. The highest BCUT2D eigenvalue weighted by Gasteiger charge is 2.19. The van der Waals surface area contributed by atoms with Gasteiger partial charge in [0.25, 0.3) is 0 Å². The van der Waals surface area contributed by atoms with Crippen molar-refractivity contribution in [3.63, 3.8) is 0 Å². The lowest BCUT2D eigenvalue weighted by molar-refractivity contribution is 0.0698. The molecule has 0 aliphatic carbocycles. The number of anilines is 1. The van der Waals surface area contributed by atoms with Crippen molar-refractivity contribution in [3.05, 3.63) is 58.1 Å². The maximum absolute atomic E-state index is 11.1. The number of hydrazone groups is 1. The minimum Gasteiger partial charge on any atom is -0.487 e. The van der Waals surface area contributed by atoms with Crippen LogP contribution in [0.1, 0.15) is 15.9 Å². The van der Waals surface area contributed by atoms with Crippen LogP contribution in [-0.2, 0) is 0 Å². The number of rotatable bonds is 3. The first kappa shape index (κ1) is 13.6. The summed E-state index contributed by atoms with van der Waals surface area (Å²) in [7, 11) is 0. The highest BCUT2D eigenvalue weighted by molar-refractivity contribution is 9.10. The molecule has 0 fully saturated rings. The molecule has 2 aromatic rings. The summed E-state index contributed by atoms with van der Waals surface area (Å²) in [4.78, 5) is 11.1. The number of nitrogens with one attached hydrogen (secondary N) is 1. The number of benzene rings is 2. The Labute approximate surface area is 129 Å². The average Bonchev–Trinajstić information content (AvgIpc) is 2.87. The number of carboxylic acid groups (broad SMARTS) is 1. The van der Waals surface area contributed by atoms with Gasteiger partial charge in [0.15, 0.2) is 0 Å². The van der Waals surface area contributed by atoms with E-state index >= 15 is 0 Å². The lowest BCUT2D eigenvalue weighted by Crippen LogP contribution is -2.08. The second-order valence-corrected chi connectivity index (χ2v) is 5.37. The van der Waals surface area contributed by atoms with Gasteiger partial charge in [-0.2, -0.15) is 5.10 Å². The highest BCUT2D eigenvalue weighted by atomic mass is 79.9. The van der Waals surface area contributed by atoms with E-state index in [-0.39, 0.29) is 5.56 Å². The van der Waals surface area contributed by atoms with Crippen molar-refractivity contribution in [2.45, 2.75) is 0 Å². The summed E-state index contributed by atoms with van der Waals surface area (Å²) in [5, 5.41) is 13.4. The van der Waals surface area contributed by atoms with Gasteiger partial charge < -0.3 is 9.84 Å². The molecule has 0 saturated carbocycles. The summed E-state index contributed by atoms with van der Waals surface area (Å²) in [5.41, 5.74) is 5.05. The molecule has 0 bridgehead atoms. The van der Waals surface area contributed by atoms with Crippen molar-refractivity contribution in [1.82, 2.24) is 0 Å². The molecule has 5 nitrogen and oxygen atoms in total. The number of hydrogen-bond donors (Lipinski definition) is 2. The number of carboxylic acids is 1. The SMILES string of the molecule is O=C(O)c1ccccc1N/N=C1\COc2ccc(Br)cc21. The lowest BCUT2D eigenvalue weighted by Gasteiger charge is -2.05. The summed E-state index contributed by atoms with van der Waals surface area (Å²) in [6.45, 7) is 0.355. The molecule has 1 aliphatic rings. The van der Waals surface area contributed by atoms with Gasteiger partial charge in [0.1, 0.15) is 18.1 Å². The third kappa shape index (κ3) is 2.75. The number of para-hydroxylation sites is 1. The zero-order chi connectivity index (χ0) is 14.8. The molecule has 0 spiro atoms. The summed E-state index contributed by atoms with van der Waals surface area (Å²) in [6, 6.07) is 12.3. The van der Waals surface area contributed by atoms with E-state index in [0.717, 1.165) is 21.5 Å². The van der Waals surface area contributed by atoms with Gasteiger partial charge in [0, 0.05) is 10.0 Å². The van der Waals surface area contributed by atoms with Gasteiger partial charge in [0.2, 0.25) is 0 Å². The summed E-state index contributed by atoms with van der Waals surface area (Å²) >= 11 is 3.41. The number of aromatic carboxylic acids is 1. The van der Waals surface area contributed by atoms with Crippen molar-refractivity contribution >= 4 is 33.3 Å². The number of carbonyl (C=O) groups is 1. The van der Waals surface area contributed by atoms with Crippen molar-refractivity contribution in [3.8, 4) is 5.75 Å². The Balaban J connectivity index is 1.89. The molecular formula is C15H11BrN2O3. The zero-order valence-electron chi connectivity index (χ0n) is 10.8. The van der Waals surface area contributed by atoms with E-state index in [2.05, 4.69) is 26.5 Å². The van der Waals surface area contributed by atoms with Crippen LogP contribution in [0.3, 0.4) is 0 Å². The van der Waals surface area contributed by atoms with Crippen molar-refractivity contribution in [2.75, 3.05) is 12.0 Å². The van der Waals surface area contributed by atoms with Crippen LogP contribution < -0.4 is 10.2 Å². The average molecular weight is 347 g/mol. The zero-order valence-corrected chi connectivity index (χ0v) is 12.4. The van der Waals surface area contributed by atoms with E-state index in [1.807, 2.05) is 18.2 Å². The molecule has 0 saturated heterocycles. The minimum atomic E-state index is -0.996. The molecular weight excluding hydrogens is 336 g/mol. The van der Waals surface area contributed by atoms with Crippen LogP contribution in [0.2, 0.25) is 0 Å². The number of hydrogen-bond acceptors (Lipinski definition) is 4. The fraction of sp³-hybridized carbons (Fsp3) is 0.0667. The first-order chi connectivity index (χ1) is 10.1. The van der Waals surface area contributed by atoms with Crippen LogP contribution in [-0.4, -0.2) is 23.4 Å². The maximum Gasteiger partial charge on any atom is 0.337 e. The smallest absolute Gasteiger partial charge is 0.337 e. The van der Waals surface area contributed by atoms with Crippen LogP contribution in [0.4, 0.5) is 5.69 Å². The van der Waals surface area contributed by atoms with Crippen LogP contribution in [0.15, 0.2) is 52.0 Å². The standard InChI is InChI=1S/C15H11BrN2O3/c16-9-5-6-14-11(7-9)13(8-21-14)18-17-12-4-2-1-3-10(12)15(19)20/h1-7,17H,8H2,(H,19,20)/b18-13+. The molecule has 3 rings (SSSR count). The van der Waals surface area contributed by atoms with Gasteiger partial charge in [-0.05, 0) is 30.3 Å². The summed E-state index contributed by atoms with van der Waals surface area (Å²) in [6.07, 6.45) is 0. The van der Waals surface area contributed by atoms with Crippen LogP contribution >= 0.6 is 15.9 Å². The van der Waals surface area contributed by atoms with E-state index in [0.29, 0.717) is 12.3 Å².